The van der Waals surface area contributed by atoms with Crippen LogP contribution in [0, 0.1) is 0 Å². The number of thiophene rings is 1. The van der Waals surface area contributed by atoms with E-state index in [4.69, 9.17) is 0 Å². The Labute approximate surface area is 143 Å². The van der Waals surface area contributed by atoms with Gasteiger partial charge in [-0.05, 0) is 29.0 Å². The van der Waals surface area contributed by atoms with Crippen molar-refractivity contribution < 1.29 is 5.11 Å². The Kier molecular flexibility index (Phi) is 4.18. The van der Waals surface area contributed by atoms with E-state index in [1.807, 2.05) is 5.38 Å². The van der Waals surface area contributed by atoms with E-state index in [2.05, 4.69) is 34.1 Å². The average Bonchev–Trinajstić information content (AvgIpc) is 3.07. The molecule has 0 amide bonds. The lowest BCUT2D eigenvalue weighted by molar-refractivity contribution is 0.0908. The summed E-state index contributed by atoms with van der Waals surface area (Å²) in [5.74, 6) is 0. The van der Waals surface area contributed by atoms with E-state index in [9.17, 15) is 9.90 Å². The lowest BCUT2D eigenvalue weighted by Crippen LogP contribution is -2.39. The first kappa shape index (κ1) is 15.5. The topological polar surface area (TPSA) is 58.4 Å². The van der Waals surface area contributed by atoms with Crippen LogP contribution in [0.1, 0.15) is 11.1 Å². The van der Waals surface area contributed by atoms with Gasteiger partial charge in [0, 0.05) is 19.6 Å². The van der Waals surface area contributed by atoms with Crippen LogP contribution in [-0.2, 0) is 19.5 Å². The van der Waals surface area contributed by atoms with Gasteiger partial charge in [0.25, 0.3) is 5.56 Å². The van der Waals surface area contributed by atoms with Crippen molar-refractivity contribution in [1.29, 1.82) is 0 Å². The molecule has 0 bridgehead atoms. The van der Waals surface area contributed by atoms with Crippen molar-refractivity contribution in [1.82, 2.24) is 14.5 Å². The van der Waals surface area contributed by atoms with Gasteiger partial charge in [0.2, 0.25) is 0 Å². The van der Waals surface area contributed by atoms with E-state index >= 15 is 0 Å². The molecule has 124 valence electrons. The number of aliphatic hydroxyl groups excluding tert-OH is 1. The molecule has 3 aromatic rings. The molecule has 1 aliphatic heterocycles. The van der Waals surface area contributed by atoms with E-state index in [1.54, 1.807) is 6.07 Å². The third-order valence-electron chi connectivity index (χ3n) is 4.54. The molecule has 5 nitrogen and oxygen atoms in total. The molecule has 3 heterocycles. The molecule has 1 atom stereocenters. The van der Waals surface area contributed by atoms with Crippen molar-refractivity contribution in [2.24, 2.45) is 0 Å². The summed E-state index contributed by atoms with van der Waals surface area (Å²) in [6, 6.07) is 10.2. The van der Waals surface area contributed by atoms with Crippen molar-refractivity contribution in [3.05, 3.63) is 63.5 Å². The maximum Gasteiger partial charge on any atom is 0.262 e. The number of hydrogen-bond acceptors (Lipinski definition) is 5. The van der Waals surface area contributed by atoms with Gasteiger partial charge in [0.1, 0.15) is 4.83 Å². The summed E-state index contributed by atoms with van der Waals surface area (Å²) in [5, 5.41) is 12.9. The smallest absolute Gasteiger partial charge is 0.262 e. The van der Waals surface area contributed by atoms with Crippen LogP contribution >= 0.6 is 11.3 Å². The monoisotopic (exact) mass is 341 g/mol. The van der Waals surface area contributed by atoms with Gasteiger partial charge in [0.15, 0.2) is 0 Å². The van der Waals surface area contributed by atoms with Crippen LogP contribution in [0.15, 0.2) is 46.8 Å². The third-order valence-corrected chi connectivity index (χ3v) is 5.36. The molecule has 0 spiro atoms. The van der Waals surface area contributed by atoms with Gasteiger partial charge in [-0.3, -0.25) is 14.3 Å². The van der Waals surface area contributed by atoms with Gasteiger partial charge in [-0.1, -0.05) is 24.3 Å². The first-order valence-corrected chi connectivity index (χ1v) is 8.98. The molecule has 4 rings (SSSR count). The first-order chi connectivity index (χ1) is 11.7. The Morgan fingerprint density at radius 1 is 1.21 bits per heavy atom. The van der Waals surface area contributed by atoms with Gasteiger partial charge in [-0.15, -0.1) is 11.3 Å². The standard InChI is InChI=1S/C18H19N3O2S/c22-15(10-20-7-5-13-3-1-2-4-14(13)9-20)11-21-12-19-17-16(18(21)23)6-8-24-17/h1-4,6,8,12,15,22H,5,7,9-11H2/t15-/m1/s1. The fourth-order valence-electron chi connectivity index (χ4n) is 3.32. The second kappa shape index (κ2) is 6.47. The van der Waals surface area contributed by atoms with E-state index in [1.165, 1.54) is 33.4 Å². The Morgan fingerprint density at radius 3 is 2.92 bits per heavy atom. The molecule has 1 N–H and O–H groups in total. The minimum atomic E-state index is -0.592. The average molecular weight is 341 g/mol. The van der Waals surface area contributed by atoms with E-state index in [0.29, 0.717) is 11.9 Å². The van der Waals surface area contributed by atoms with Crippen molar-refractivity contribution in [2.45, 2.75) is 25.6 Å². The highest BCUT2D eigenvalue weighted by atomic mass is 32.1. The Bertz CT molecular complexity index is 918. The predicted octanol–water partition coefficient (Wildman–Crippen LogP) is 1.88. The SMILES string of the molecule is O=c1c2ccsc2ncn1C[C@H](O)CN1CCc2ccccc2C1. The van der Waals surface area contributed by atoms with Crippen LogP contribution in [0.2, 0.25) is 0 Å². The molecule has 0 radical (unpaired) electrons. The lowest BCUT2D eigenvalue weighted by Gasteiger charge is -2.30. The fraction of sp³-hybridized carbons (Fsp3) is 0.333. The molecule has 0 saturated carbocycles. The molecular formula is C18H19N3O2S. The maximum absolute atomic E-state index is 12.4. The van der Waals surface area contributed by atoms with Crippen molar-refractivity contribution >= 4 is 21.6 Å². The van der Waals surface area contributed by atoms with Gasteiger partial charge in [-0.25, -0.2) is 4.98 Å². The first-order valence-electron chi connectivity index (χ1n) is 8.10. The molecule has 2 aromatic heterocycles. The molecule has 0 saturated heterocycles. The summed E-state index contributed by atoms with van der Waals surface area (Å²) in [6.45, 7) is 2.62. The molecule has 1 aromatic carbocycles. The zero-order chi connectivity index (χ0) is 16.5. The van der Waals surface area contributed by atoms with Crippen LogP contribution in [0.3, 0.4) is 0 Å². The normalized spacial score (nSPS) is 16.2. The van der Waals surface area contributed by atoms with Crippen LogP contribution in [0.5, 0.6) is 0 Å². The molecule has 0 unspecified atom stereocenters. The van der Waals surface area contributed by atoms with Crippen molar-refractivity contribution in [3.63, 3.8) is 0 Å². The molecule has 1 aliphatic rings. The molecule has 0 aliphatic carbocycles. The van der Waals surface area contributed by atoms with Gasteiger partial charge >= 0.3 is 0 Å². The summed E-state index contributed by atoms with van der Waals surface area (Å²) in [4.78, 5) is 19.7. The third kappa shape index (κ3) is 3.00. The van der Waals surface area contributed by atoms with Crippen molar-refractivity contribution in [2.75, 3.05) is 13.1 Å². The second-order valence-corrected chi connectivity index (χ2v) is 7.14. The number of aromatic nitrogens is 2. The second-order valence-electron chi connectivity index (χ2n) is 6.25. The predicted molar refractivity (Wildman–Crippen MR) is 95.3 cm³/mol. The number of nitrogens with zero attached hydrogens (tertiary/aromatic N) is 3. The number of aliphatic hydroxyl groups is 1. The Morgan fingerprint density at radius 2 is 2.04 bits per heavy atom. The summed E-state index contributed by atoms with van der Waals surface area (Å²) >= 11 is 1.46. The fourth-order valence-corrected chi connectivity index (χ4v) is 4.04. The Balaban J connectivity index is 1.44. The van der Waals surface area contributed by atoms with Crippen LogP contribution in [-0.4, -0.2) is 38.8 Å². The minimum absolute atomic E-state index is 0.0794. The zero-order valence-electron chi connectivity index (χ0n) is 13.3. The number of benzene rings is 1. The van der Waals surface area contributed by atoms with E-state index in [-0.39, 0.29) is 12.1 Å². The Hall–Kier alpha value is -2.02. The summed E-state index contributed by atoms with van der Waals surface area (Å²) in [7, 11) is 0. The maximum atomic E-state index is 12.4. The largest absolute Gasteiger partial charge is 0.390 e. The highest BCUT2D eigenvalue weighted by Gasteiger charge is 2.19. The zero-order valence-corrected chi connectivity index (χ0v) is 14.1. The van der Waals surface area contributed by atoms with Crippen LogP contribution in [0.4, 0.5) is 0 Å². The molecular weight excluding hydrogens is 322 g/mol. The molecule has 0 fully saturated rings. The van der Waals surface area contributed by atoms with Crippen LogP contribution < -0.4 is 5.56 Å². The highest BCUT2D eigenvalue weighted by molar-refractivity contribution is 7.16. The molecule has 6 heteroatoms. The summed E-state index contributed by atoms with van der Waals surface area (Å²) in [6.07, 6.45) is 1.95. The van der Waals surface area contributed by atoms with E-state index in [0.717, 1.165) is 24.3 Å². The lowest BCUT2D eigenvalue weighted by atomic mass is 10.00. The summed E-state index contributed by atoms with van der Waals surface area (Å²) < 4.78 is 1.51. The van der Waals surface area contributed by atoms with Gasteiger partial charge in [0.05, 0.1) is 24.4 Å². The summed E-state index contributed by atoms with van der Waals surface area (Å²) in [5.41, 5.74) is 2.64. The highest BCUT2D eigenvalue weighted by Crippen LogP contribution is 2.18. The number of rotatable bonds is 4. The molecule has 24 heavy (non-hydrogen) atoms. The quantitative estimate of drug-likeness (QED) is 0.787. The number of fused-ring (bicyclic) bond motifs is 2. The van der Waals surface area contributed by atoms with Crippen LogP contribution in [0.25, 0.3) is 10.2 Å². The number of β-amino-alcohol motifs (C(OH)–C–C–N with tert-alkyl or cyclic N) is 1. The van der Waals surface area contributed by atoms with Gasteiger partial charge in [-0.2, -0.15) is 0 Å². The van der Waals surface area contributed by atoms with Crippen molar-refractivity contribution in [3.8, 4) is 0 Å². The number of hydrogen-bond donors (Lipinski definition) is 1. The van der Waals surface area contributed by atoms with Gasteiger partial charge < -0.3 is 5.11 Å². The minimum Gasteiger partial charge on any atom is -0.390 e. The van der Waals surface area contributed by atoms with E-state index < -0.39 is 6.10 Å².